The molecule has 0 amide bonds. The molecule has 0 atom stereocenters. The van der Waals surface area contributed by atoms with Crippen molar-refractivity contribution in [1.82, 2.24) is 0 Å². The molecule has 0 aromatic heterocycles. The third-order valence-corrected chi connectivity index (χ3v) is 2.01. The van der Waals surface area contributed by atoms with E-state index >= 15 is 0 Å². The Balaban J connectivity index is 2.80. The molecule has 1 nitrogen and oxygen atoms in total. The minimum absolute atomic E-state index is 0.0183. The molecule has 2 rings (SSSR count). The van der Waals surface area contributed by atoms with Crippen LogP contribution >= 0.6 is 11.6 Å². The number of hydrogen-bond acceptors (Lipinski definition) is 0. The number of hydrogen-bond donors (Lipinski definition) is 0. The second-order valence-corrected chi connectivity index (χ2v) is 3.09. The van der Waals surface area contributed by atoms with Gasteiger partial charge in [0, 0.05) is 5.02 Å². The molecular weight excluding hydrogens is 172 g/mol. The quantitative estimate of drug-likeness (QED) is 0.586. The molecule has 0 aliphatic rings. The fourth-order valence-corrected chi connectivity index (χ4v) is 1.38. The second-order valence-electron chi connectivity index (χ2n) is 2.65. The van der Waals surface area contributed by atoms with Crippen LogP contribution in [0.1, 0.15) is 0 Å². The average Bonchev–Trinajstić information content (AvgIpc) is 2.03. The van der Waals surface area contributed by atoms with Crippen LogP contribution in [0.3, 0.4) is 0 Å². The molecule has 2 heteroatoms. The zero-order chi connectivity index (χ0) is 8.55. The summed E-state index contributed by atoms with van der Waals surface area (Å²) in [5.74, 6) is 0.0183. The minimum Gasteiger partial charge on any atom is -0.290 e. The highest BCUT2D eigenvalue weighted by atomic mass is 35.5. The first-order chi connectivity index (χ1) is 5.75. The van der Waals surface area contributed by atoms with Gasteiger partial charge < -0.3 is 0 Å². The number of fused-ring (bicyclic) bond motifs is 1. The van der Waals surface area contributed by atoms with E-state index in [-0.39, 0.29) is 5.75 Å². The largest absolute Gasteiger partial charge is 0.290 e. The third-order valence-electron chi connectivity index (χ3n) is 1.77. The molecule has 0 spiro atoms. The maximum atomic E-state index is 11.0. The van der Waals surface area contributed by atoms with Crippen LogP contribution in [-0.2, 0) is 5.11 Å². The van der Waals surface area contributed by atoms with E-state index in [0.717, 1.165) is 10.8 Å². The van der Waals surface area contributed by atoms with Gasteiger partial charge in [-0.25, -0.2) is 0 Å². The van der Waals surface area contributed by atoms with Crippen molar-refractivity contribution in [2.75, 3.05) is 0 Å². The lowest BCUT2D eigenvalue weighted by Crippen LogP contribution is -1.71. The summed E-state index contributed by atoms with van der Waals surface area (Å²) in [5, 5.41) is 13.6. The lowest BCUT2D eigenvalue weighted by atomic mass is 10.1. The van der Waals surface area contributed by atoms with Crippen LogP contribution in [-0.4, -0.2) is 0 Å². The molecule has 0 heterocycles. The van der Waals surface area contributed by atoms with Gasteiger partial charge in [0.05, 0.1) is 0 Å². The van der Waals surface area contributed by atoms with E-state index in [1.165, 1.54) is 0 Å². The molecular formula is C10H6ClO. The number of rotatable bonds is 0. The summed E-state index contributed by atoms with van der Waals surface area (Å²) < 4.78 is 0. The van der Waals surface area contributed by atoms with Crippen LogP contribution in [0.25, 0.3) is 10.8 Å². The van der Waals surface area contributed by atoms with Gasteiger partial charge in [-0.05, 0) is 35.0 Å². The Hall–Kier alpha value is -1.21. The summed E-state index contributed by atoms with van der Waals surface area (Å²) in [6.07, 6.45) is 0. The van der Waals surface area contributed by atoms with Gasteiger partial charge in [-0.1, -0.05) is 23.7 Å². The van der Waals surface area contributed by atoms with Crippen molar-refractivity contribution in [3.05, 3.63) is 41.4 Å². The van der Waals surface area contributed by atoms with E-state index in [4.69, 9.17) is 11.6 Å². The summed E-state index contributed by atoms with van der Waals surface area (Å²) in [6.45, 7) is 0. The summed E-state index contributed by atoms with van der Waals surface area (Å²) >= 11 is 5.77. The smallest absolute Gasteiger partial charge is 0.179 e. The first-order valence-electron chi connectivity index (χ1n) is 3.62. The molecule has 0 fully saturated rings. The highest BCUT2D eigenvalue weighted by Gasteiger charge is 1.96. The van der Waals surface area contributed by atoms with Crippen molar-refractivity contribution >= 4 is 22.4 Å². The van der Waals surface area contributed by atoms with Gasteiger partial charge in [-0.3, -0.25) is 5.11 Å². The van der Waals surface area contributed by atoms with Crippen LogP contribution in [0.15, 0.2) is 36.4 Å². The topological polar surface area (TPSA) is 19.9 Å². The molecule has 0 aliphatic carbocycles. The lowest BCUT2D eigenvalue weighted by Gasteiger charge is -1.96. The molecule has 0 N–H and O–H groups in total. The Morgan fingerprint density at radius 1 is 0.917 bits per heavy atom. The van der Waals surface area contributed by atoms with Gasteiger partial charge in [0.2, 0.25) is 0 Å². The summed E-state index contributed by atoms with van der Waals surface area (Å²) in [4.78, 5) is 0. The van der Waals surface area contributed by atoms with Crippen molar-refractivity contribution in [1.29, 1.82) is 0 Å². The molecule has 59 valence electrons. The van der Waals surface area contributed by atoms with E-state index in [2.05, 4.69) is 0 Å². The zero-order valence-electron chi connectivity index (χ0n) is 6.25. The number of benzene rings is 2. The fourth-order valence-electron chi connectivity index (χ4n) is 1.20. The Bertz CT molecular complexity index is 386. The first-order valence-corrected chi connectivity index (χ1v) is 4.00. The maximum absolute atomic E-state index is 11.0. The standard InChI is InChI=1S/C10H6ClO/c11-9-3-1-7-2-4-10(12)6-8(7)5-9/h1-6H. The SMILES string of the molecule is [O]c1ccc2ccc(Cl)cc2c1. The lowest BCUT2D eigenvalue weighted by molar-refractivity contribution is 0.355. The molecule has 2 aromatic carbocycles. The first kappa shape index (κ1) is 7.44. The van der Waals surface area contributed by atoms with Gasteiger partial charge >= 0.3 is 0 Å². The predicted molar refractivity (Wildman–Crippen MR) is 49.1 cm³/mol. The van der Waals surface area contributed by atoms with E-state index in [9.17, 15) is 5.11 Å². The highest BCUT2D eigenvalue weighted by molar-refractivity contribution is 6.31. The summed E-state index contributed by atoms with van der Waals surface area (Å²) in [5.41, 5.74) is 0. The van der Waals surface area contributed by atoms with Crippen molar-refractivity contribution in [3.8, 4) is 5.75 Å². The Morgan fingerprint density at radius 3 is 2.50 bits per heavy atom. The van der Waals surface area contributed by atoms with Crippen molar-refractivity contribution in [2.45, 2.75) is 0 Å². The maximum Gasteiger partial charge on any atom is 0.179 e. The number of halogens is 1. The van der Waals surface area contributed by atoms with Gasteiger partial charge in [0.15, 0.2) is 5.75 Å². The summed E-state index contributed by atoms with van der Waals surface area (Å²) in [7, 11) is 0. The van der Waals surface area contributed by atoms with E-state index in [1.54, 1.807) is 24.3 Å². The minimum atomic E-state index is 0.0183. The highest BCUT2D eigenvalue weighted by Crippen LogP contribution is 2.23. The van der Waals surface area contributed by atoms with Crippen LogP contribution < -0.4 is 0 Å². The molecule has 12 heavy (non-hydrogen) atoms. The predicted octanol–water partition coefficient (Wildman–Crippen LogP) is 3.64. The second kappa shape index (κ2) is 2.68. The van der Waals surface area contributed by atoms with Crippen LogP contribution in [0.5, 0.6) is 5.75 Å². The van der Waals surface area contributed by atoms with E-state index in [0.29, 0.717) is 5.02 Å². The molecule has 1 radical (unpaired) electrons. The zero-order valence-corrected chi connectivity index (χ0v) is 7.01. The van der Waals surface area contributed by atoms with Crippen molar-refractivity contribution in [2.24, 2.45) is 0 Å². The summed E-state index contributed by atoms with van der Waals surface area (Å²) in [6, 6.07) is 10.4. The van der Waals surface area contributed by atoms with E-state index < -0.39 is 0 Å². The van der Waals surface area contributed by atoms with E-state index in [1.807, 2.05) is 12.1 Å². The molecule has 0 aliphatic heterocycles. The Kier molecular flexibility index (Phi) is 1.66. The third kappa shape index (κ3) is 1.23. The monoisotopic (exact) mass is 177 g/mol. The van der Waals surface area contributed by atoms with Crippen LogP contribution in [0.4, 0.5) is 0 Å². The van der Waals surface area contributed by atoms with Crippen molar-refractivity contribution in [3.63, 3.8) is 0 Å². The molecule has 2 aromatic rings. The molecule has 0 saturated carbocycles. The molecule has 0 unspecified atom stereocenters. The fraction of sp³-hybridized carbons (Fsp3) is 0. The average molecular weight is 178 g/mol. The van der Waals surface area contributed by atoms with Crippen LogP contribution in [0, 0.1) is 0 Å². The molecule has 0 bridgehead atoms. The molecule has 0 saturated heterocycles. The Labute approximate surface area is 75.2 Å². The van der Waals surface area contributed by atoms with Gasteiger partial charge in [-0.15, -0.1) is 0 Å². The van der Waals surface area contributed by atoms with Crippen molar-refractivity contribution < 1.29 is 5.11 Å². The Morgan fingerprint density at radius 2 is 1.67 bits per heavy atom. The van der Waals surface area contributed by atoms with Crippen LogP contribution in [0.2, 0.25) is 5.02 Å². The van der Waals surface area contributed by atoms with Gasteiger partial charge in [0.1, 0.15) is 0 Å². The van der Waals surface area contributed by atoms with Gasteiger partial charge in [0.25, 0.3) is 0 Å². The van der Waals surface area contributed by atoms with Gasteiger partial charge in [-0.2, -0.15) is 0 Å². The normalized spacial score (nSPS) is 10.4.